The maximum atomic E-state index is 12.2. The van der Waals surface area contributed by atoms with E-state index in [1.165, 1.54) is 34.8 Å². The molecule has 1 amide bonds. The Morgan fingerprint density at radius 2 is 1.30 bits per heavy atom. The third kappa shape index (κ3) is 7.50. The van der Waals surface area contributed by atoms with Gasteiger partial charge in [-0.3, -0.25) is 33.9 Å². The van der Waals surface area contributed by atoms with Crippen LogP contribution in [0.4, 0.5) is 16.2 Å². The van der Waals surface area contributed by atoms with Gasteiger partial charge in [-0.05, 0) is 32.9 Å². The van der Waals surface area contributed by atoms with E-state index in [2.05, 4.69) is 9.88 Å². The number of imidazole rings is 2. The molecule has 1 N–H and O–H groups in total. The Hall–Kier alpha value is -5.23. The van der Waals surface area contributed by atoms with Crippen LogP contribution in [0.15, 0.2) is 71.7 Å². The molecule has 0 aliphatic carbocycles. The quantitative estimate of drug-likeness (QED) is 0.142. The molecule has 5 heterocycles. The third-order valence-corrected chi connectivity index (χ3v) is 9.52. The summed E-state index contributed by atoms with van der Waals surface area (Å²) in [6.07, 6.45) is 3.36. The van der Waals surface area contributed by atoms with Gasteiger partial charge in [-0.25, -0.2) is 14.8 Å². The fraction of sp³-hybridized carbons (Fsp3) is 0.303. The molecule has 50 heavy (non-hydrogen) atoms. The number of rotatable bonds is 7. The number of benzene rings is 2. The zero-order valence-electron chi connectivity index (χ0n) is 27.5. The predicted octanol–water partition coefficient (Wildman–Crippen LogP) is 6.49. The lowest BCUT2D eigenvalue weighted by molar-refractivity contribution is -0.384. The van der Waals surface area contributed by atoms with Gasteiger partial charge in [0.15, 0.2) is 9.92 Å². The van der Waals surface area contributed by atoms with Crippen LogP contribution >= 0.6 is 22.7 Å². The number of thiazole rings is 2. The number of hydrogen-bond donors (Lipinski definition) is 1. The lowest BCUT2D eigenvalue weighted by atomic mass is 10.1. The zero-order valence-corrected chi connectivity index (χ0v) is 29.1. The van der Waals surface area contributed by atoms with Crippen molar-refractivity contribution in [2.24, 2.45) is 0 Å². The summed E-state index contributed by atoms with van der Waals surface area (Å²) in [6.45, 7) is 8.80. The first-order valence-corrected chi connectivity index (χ1v) is 17.4. The van der Waals surface area contributed by atoms with Gasteiger partial charge in [0.05, 0.1) is 50.4 Å². The summed E-state index contributed by atoms with van der Waals surface area (Å²) in [6, 6.07) is 13.3. The molecule has 0 saturated carbocycles. The number of hydrogen-bond acceptors (Lipinski definition) is 12. The Morgan fingerprint density at radius 3 is 1.78 bits per heavy atom. The second-order valence-corrected chi connectivity index (χ2v) is 14.1. The fourth-order valence-corrected chi connectivity index (χ4v) is 7.33. The second kappa shape index (κ2) is 14.3. The van der Waals surface area contributed by atoms with Crippen molar-refractivity contribution in [2.45, 2.75) is 39.5 Å². The highest BCUT2D eigenvalue weighted by Crippen LogP contribution is 2.34. The van der Waals surface area contributed by atoms with Gasteiger partial charge in [-0.15, -0.1) is 22.7 Å². The summed E-state index contributed by atoms with van der Waals surface area (Å²) in [5.41, 5.74) is 3.68. The van der Waals surface area contributed by atoms with E-state index in [0.29, 0.717) is 47.1 Å². The van der Waals surface area contributed by atoms with Crippen molar-refractivity contribution >= 4 is 50.1 Å². The minimum absolute atomic E-state index is 0.0569. The largest absolute Gasteiger partial charge is 0.444 e. The van der Waals surface area contributed by atoms with Crippen LogP contribution in [0, 0.1) is 20.2 Å². The van der Waals surface area contributed by atoms with Gasteiger partial charge in [0.25, 0.3) is 11.4 Å². The Balaban J connectivity index is 0.000000194. The number of nitro benzene ring substituents is 2. The van der Waals surface area contributed by atoms with Crippen molar-refractivity contribution in [3.8, 4) is 22.5 Å². The molecule has 15 nitrogen and oxygen atoms in total. The first-order chi connectivity index (χ1) is 23.9. The molecule has 17 heteroatoms. The van der Waals surface area contributed by atoms with Crippen LogP contribution in [0.5, 0.6) is 0 Å². The molecule has 1 fully saturated rings. The average molecular weight is 719 g/mol. The number of para-hydroxylation sites is 2. The van der Waals surface area contributed by atoms with Gasteiger partial charge in [0.1, 0.15) is 5.60 Å². The van der Waals surface area contributed by atoms with Crippen LogP contribution in [-0.2, 0) is 17.9 Å². The number of ether oxygens (including phenoxy) is 1. The summed E-state index contributed by atoms with van der Waals surface area (Å²) in [5.74, 6) is 0. The molecule has 0 unspecified atom stereocenters. The summed E-state index contributed by atoms with van der Waals surface area (Å²) >= 11 is 2.85. The van der Waals surface area contributed by atoms with E-state index < -0.39 is 10.5 Å². The zero-order chi connectivity index (χ0) is 35.6. The number of carbonyl (C=O) groups excluding carboxylic acids is 1. The van der Waals surface area contributed by atoms with Gasteiger partial charge in [-0.1, -0.05) is 24.3 Å². The van der Waals surface area contributed by atoms with Crippen LogP contribution in [0.25, 0.3) is 32.4 Å². The Bertz CT molecular complexity index is 2170. The molecule has 1 saturated heterocycles. The Labute approximate surface area is 293 Å². The Morgan fingerprint density at radius 1 is 0.820 bits per heavy atom. The molecule has 0 atom stereocenters. The van der Waals surface area contributed by atoms with Crippen LogP contribution in [-0.4, -0.2) is 81.4 Å². The number of amides is 1. The van der Waals surface area contributed by atoms with Gasteiger partial charge in [0, 0.05) is 68.0 Å². The number of fused-ring (bicyclic) bond motifs is 2. The molecule has 260 valence electrons. The topological polar surface area (TPSA) is 174 Å². The maximum Gasteiger partial charge on any atom is 0.410 e. The maximum absolute atomic E-state index is 12.2. The number of piperazine rings is 1. The highest BCUT2D eigenvalue weighted by atomic mass is 32.1. The van der Waals surface area contributed by atoms with Crippen molar-refractivity contribution in [3.63, 3.8) is 0 Å². The van der Waals surface area contributed by atoms with Crippen LogP contribution in [0.1, 0.15) is 32.2 Å². The van der Waals surface area contributed by atoms with Crippen LogP contribution < -0.4 is 0 Å². The van der Waals surface area contributed by atoms with Gasteiger partial charge >= 0.3 is 6.09 Å². The van der Waals surface area contributed by atoms with E-state index in [1.54, 1.807) is 51.9 Å². The summed E-state index contributed by atoms with van der Waals surface area (Å²) in [7, 11) is 0. The van der Waals surface area contributed by atoms with Crippen molar-refractivity contribution in [1.29, 1.82) is 0 Å². The predicted molar refractivity (Wildman–Crippen MR) is 189 cm³/mol. The molecule has 6 aromatic rings. The van der Waals surface area contributed by atoms with Gasteiger partial charge < -0.3 is 14.7 Å². The molecule has 0 radical (unpaired) electrons. The van der Waals surface area contributed by atoms with Crippen LogP contribution in [0.3, 0.4) is 0 Å². The van der Waals surface area contributed by atoms with Crippen LogP contribution in [0.2, 0.25) is 0 Å². The number of nitro groups is 2. The monoisotopic (exact) mass is 718 g/mol. The Kier molecular flexibility index (Phi) is 9.92. The molecule has 0 spiro atoms. The number of aliphatic hydroxyl groups excluding tert-OH is 1. The van der Waals surface area contributed by atoms with Gasteiger partial charge in [-0.2, -0.15) is 0 Å². The lowest BCUT2D eigenvalue weighted by Gasteiger charge is -2.35. The third-order valence-electron chi connectivity index (χ3n) is 7.84. The molecule has 1 aliphatic rings. The molecule has 1 aliphatic heterocycles. The highest BCUT2D eigenvalue weighted by Gasteiger charge is 2.27. The first-order valence-electron chi connectivity index (χ1n) is 15.6. The standard InChI is InChI=1S/C21H25N5O4S.C12H9N3O3S/c1-21(2,3)30-20(27)24-10-8-23(9-11-24)12-15-13-25-18(14-31-19(25)22-15)16-6-4-5-7-17(16)26(28)29;16-6-8-5-14-11(7-19-12(14)13-8)9-3-1-2-4-10(9)15(17)18/h4-7,13-14H,8-12H2,1-3H3;1-5,7,16H,6H2. The van der Waals surface area contributed by atoms with E-state index in [1.807, 2.05) is 42.1 Å². The fourth-order valence-electron chi connectivity index (χ4n) is 5.54. The van der Waals surface area contributed by atoms with Crippen molar-refractivity contribution in [3.05, 3.63) is 103 Å². The van der Waals surface area contributed by atoms with Gasteiger partial charge in [0.2, 0.25) is 0 Å². The average Bonchev–Trinajstić information content (AvgIpc) is 3.86. The molecule has 0 bridgehead atoms. The first kappa shape index (κ1) is 34.6. The van der Waals surface area contributed by atoms with E-state index >= 15 is 0 Å². The van der Waals surface area contributed by atoms with E-state index in [0.717, 1.165) is 29.4 Å². The smallest absolute Gasteiger partial charge is 0.410 e. The van der Waals surface area contributed by atoms with E-state index in [9.17, 15) is 25.0 Å². The van der Waals surface area contributed by atoms with Crippen molar-refractivity contribution in [2.75, 3.05) is 26.2 Å². The minimum Gasteiger partial charge on any atom is -0.444 e. The second-order valence-electron chi connectivity index (χ2n) is 12.5. The minimum atomic E-state index is -0.498. The number of nitrogens with zero attached hydrogens (tertiary/aromatic N) is 8. The molecule has 2 aromatic carbocycles. The number of aromatic nitrogens is 4. The SMILES string of the molecule is CC(C)(C)OC(=O)N1CCN(Cc2cn3c(-c4ccccc4[N+](=O)[O-])csc3n2)CC1.O=[N+]([O-])c1ccccc1-c1csc2nc(CO)cn12. The molecule has 4 aromatic heterocycles. The highest BCUT2D eigenvalue weighted by molar-refractivity contribution is 7.15. The van der Waals surface area contributed by atoms with Crippen molar-refractivity contribution in [1.82, 2.24) is 28.6 Å². The molecular weight excluding hydrogens is 685 g/mol. The summed E-state index contributed by atoms with van der Waals surface area (Å²) in [5, 5.41) is 35.3. The normalized spacial score (nSPS) is 13.7. The summed E-state index contributed by atoms with van der Waals surface area (Å²) < 4.78 is 9.13. The lowest BCUT2D eigenvalue weighted by Crippen LogP contribution is -2.49. The number of carbonyl (C=O) groups is 1. The molecular formula is C33H34N8O7S2. The van der Waals surface area contributed by atoms with E-state index in [4.69, 9.17) is 14.8 Å². The molecule has 7 rings (SSSR count). The summed E-state index contributed by atoms with van der Waals surface area (Å²) in [4.78, 5) is 48.3. The van der Waals surface area contributed by atoms with Crippen molar-refractivity contribution < 1.29 is 24.5 Å². The number of aliphatic hydroxyl groups is 1. The van der Waals surface area contributed by atoms with E-state index in [-0.39, 0.29) is 29.0 Å².